The van der Waals surface area contributed by atoms with Gasteiger partial charge in [0.15, 0.2) is 0 Å². The maximum absolute atomic E-state index is 10.3. The number of aliphatic hydroxyl groups is 1. The van der Waals surface area contributed by atoms with Crippen molar-refractivity contribution < 1.29 is 14.6 Å². The van der Waals surface area contributed by atoms with Gasteiger partial charge in [-0.05, 0) is 35.9 Å². The second-order valence-electron chi connectivity index (χ2n) is 6.95. The minimum Gasteiger partial charge on any atom is -0.491 e. The molecule has 2 N–H and O–H groups in total. The average Bonchev–Trinajstić information content (AvgIpc) is 3.02. The van der Waals surface area contributed by atoms with E-state index >= 15 is 0 Å². The summed E-state index contributed by atoms with van der Waals surface area (Å²) in [5.41, 5.74) is 2.71. The van der Waals surface area contributed by atoms with E-state index in [4.69, 9.17) is 26.3 Å². The van der Waals surface area contributed by atoms with Gasteiger partial charge in [0.2, 0.25) is 5.95 Å². The molecular formula is C21H21ClN4O3. The highest BCUT2D eigenvalue weighted by atomic mass is 35.5. The first-order valence-corrected chi connectivity index (χ1v) is 9.77. The zero-order chi connectivity index (χ0) is 20.2. The van der Waals surface area contributed by atoms with Crippen LogP contribution in [0.25, 0.3) is 11.0 Å². The van der Waals surface area contributed by atoms with Gasteiger partial charge >= 0.3 is 0 Å². The number of aliphatic hydroxyl groups excluding tert-OH is 1. The maximum Gasteiger partial charge on any atom is 0.204 e. The molecule has 29 heavy (non-hydrogen) atoms. The lowest BCUT2D eigenvalue weighted by Gasteiger charge is -2.29. The molecule has 3 aromatic rings. The molecule has 0 saturated carbocycles. The van der Waals surface area contributed by atoms with Crippen LogP contribution in [-0.2, 0) is 11.2 Å². The number of fused-ring (bicyclic) bond motifs is 1. The monoisotopic (exact) mass is 412 g/mol. The highest BCUT2D eigenvalue weighted by molar-refractivity contribution is 6.31. The molecule has 0 spiro atoms. The lowest BCUT2D eigenvalue weighted by molar-refractivity contribution is -0.0208. The van der Waals surface area contributed by atoms with Crippen molar-refractivity contribution in [1.82, 2.24) is 9.55 Å². The fourth-order valence-corrected chi connectivity index (χ4v) is 3.35. The molecule has 1 saturated heterocycles. The topological polar surface area (TPSA) is 92.3 Å². The number of halogens is 1. The predicted octanol–water partition coefficient (Wildman–Crippen LogP) is 3.18. The van der Waals surface area contributed by atoms with Gasteiger partial charge in [-0.1, -0.05) is 23.7 Å². The molecule has 0 radical (unpaired) electrons. The van der Waals surface area contributed by atoms with Crippen molar-refractivity contribution in [2.24, 2.45) is 0 Å². The van der Waals surface area contributed by atoms with Gasteiger partial charge in [0.05, 0.1) is 42.8 Å². The third kappa shape index (κ3) is 4.46. The lowest BCUT2D eigenvalue weighted by atomic mass is 10.2. The van der Waals surface area contributed by atoms with Crippen LogP contribution in [0.4, 0.5) is 5.95 Å². The lowest BCUT2D eigenvalue weighted by Crippen LogP contribution is -2.33. The Labute approximate surface area is 173 Å². The number of imidazole rings is 1. The first-order chi connectivity index (χ1) is 14.1. The molecule has 150 valence electrons. The van der Waals surface area contributed by atoms with Gasteiger partial charge in [-0.3, -0.25) is 0 Å². The number of hydrogen-bond acceptors (Lipinski definition) is 6. The quantitative estimate of drug-likeness (QED) is 0.590. The van der Waals surface area contributed by atoms with Crippen LogP contribution in [0.5, 0.6) is 5.75 Å². The molecule has 1 unspecified atom stereocenters. The Balaban J connectivity index is 1.38. The van der Waals surface area contributed by atoms with Crippen LogP contribution >= 0.6 is 11.6 Å². The molecular weight excluding hydrogens is 392 g/mol. The van der Waals surface area contributed by atoms with Crippen LogP contribution in [0.15, 0.2) is 42.5 Å². The summed E-state index contributed by atoms with van der Waals surface area (Å²) in [6.45, 7) is 1.68. The maximum atomic E-state index is 10.3. The summed E-state index contributed by atoms with van der Waals surface area (Å²) in [7, 11) is 0. The van der Waals surface area contributed by atoms with E-state index in [9.17, 15) is 5.11 Å². The van der Waals surface area contributed by atoms with E-state index in [1.165, 1.54) is 0 Å². The number of ether oxygens (including phenoxy) is 2. The van der Waals surface area contributed by atoms with Crippen LogP contribution in [0, 0.1) is 11.3 Å². The Morgan fingerprint density at radius 2 is 2.10 bits per heavy atom. The fraction of sp³-hybridized carbons (Fsp3) is 0.333. The number of aromatic nitrogens is 2. The average molecular weight is 413 g/mol. The number of nitrogens with one attached hydrogen (secondary N) is 1. The van der Waals surface area contributed by atoms with E-state index in [2.05, 4.69) is 20.9 Å². The molecule has 2 aromatic carbocycles. The Hall–Kier alpha value is -2.79. The summed E-state index contributed by atoms with van der Waals surface area (Å²) in [6, 6.07) is 15.2. The van der Waals surface area contributed by atoms with Crippen LogP contribution in [0.2, 0.25) is 5.02 Å². The smallest absolute Gasteiger partial charge is 0.204 e. The van der Waals surface area contributed by atoms with E-state index in [-0.39, 0.29) is 19.2 Å². The molecule has 0 aliphatic carbocycles. The first kappa shape index (κ1) is 19.5. The number of hydrogen-bond donors (Lipinski definition) is 2. The van der Waals surface area contributed by atoms with Crippen molar-refractivity contribution in [2.45, 2.75) is 18.6 Å². The number of benzene rings is 2. The van der Waals surface area contributed by atoms with Crippen molar-refractivity contribution >= 4 is 28.6 Å². The Morgan fingerprint density at radius 1 is 1.31 bits per heavy atom. The van der Waals surface area contributed by atoms with Gasteiger partial charge < -0.3 is 24.5 Å². The van der Waals surface area contributed by atoms with Crippen LogP contribution in [0.3, 0.4) is 0 Å². The van der Waals surface area contributed by atoms with Gasteiger partial charge in [0, 0.05) is 11.6 Å². The van der Waals surface area contributed by atoms with Gasteiger partial charge in [-0.25, -0.2) is 4.98 Å². The molecule has 1 aromatic heterocycles. The van der Waals surface area contributed by atoms with Crippen LogP contribution in [-0.4, -0.2) is 47.1 Å². The standard InChI is InChI=1S/C21H21ClN4O3/c22-15-3-6-19-20(9-15)26(16-11-28-12-16)21(25-19)24-10-17(27)13-29-18-4-1-14(2-5-18)7-8-23/h1-6,9,16-17,27H,7,10-13H2,(H,24,25). The molecule has 0 bridgehead atoms. The van der Waals surface area contributed by atoms with Gasteiger partial charge in [0.1, 0.15) is 18.5 Å². The predicted molar refractivity (Wildman–Crippen MR) is 110 cm³/mol. The Bertz CT molecular complexity index is 1020. The molecule has 4 rings (SSSR count). The van der Waals surface area contributed by atoms with E-state index < -0.39 is 6.10 Å². The Morgan fingerprint density at radius 3 is 2.79 bits per heavy atom. The second-order valence-corrected chi connectivity index (χ2v) is 7.39. The van der Waals surface area contributed by atoms with E-state index in [0.717, 1.165) is 16.6 Å². The highest BCUT2D eigenvalue weighted by Gasteiger charge is 2.26. The van der Waals surface area contributed by atoms with Gasteiger partial charge in [-0.15, -0.1) is 0 Å². The first-order valence-electron chi connectivity index (χ1n) is 9.40. The van der Waals surface area contributed by atoms with Crippen molar-refractivity contribution in [3.8, 4) is 11.8 Å². The molecule has 1 fully saturated rings. The number of anilines is 1. The normalized spacial score (nSPS) is 14.9. The summed E-state index contributed by atoms with van der Waals surface area (Å²) >= 11 is 6.15. The summed E-state index contributed by atoms with van der Waals surface area (Å²) < 4.78 is 13.0. The molecule has 1 aliphatic rings. The molecule has 7 nitrogen and oxygen atoms in total. The minimum absolute atomic E-state index is 0.142. The van der Waals surface area contributed by atoms with Crippen molar-refractivity contribution in [2.75, 3.05) is 31.7 Å². The molecule has 2 heterocycles. The molecule has 1 atom stereocenters. The molecule has 0 amide bonds. The minimum atomic E-state index is -0.719. The van der Waals surface area contributed by atoms with Gasteiger partial charge in [0.25, 0.3) is 0 Å². The number of rotatable bonds is 8. The fourth-order valence-electron chi connectivity index (χ4n) is 3.19. The molecule has 1 aliphatic heterocycles. The van der Waals surface area contributed by atoms with Crippen molar-refractivity contribution in [3.05, 3.63) is 53.1 Å². The van der Waals surface area contributed by atoms with Gasteiger partial charge in [-0.2, -0.15) is 5.26 Å². The zero-order valence-electron chi connectivity index (χ0n) is 15.7. The van der Waals surface area contributed by atoms with Crippen molar-refractivity contribution in [3.63, 3.8) is 0 Å². The highest BCUT2D eigenvalue weighted by Crippen LogP contribution is 2.30. The summed E-state index contributed by atoms with van der Waals surface area (Å²) in [5, 5.41) is 22.9. The number of nitriles is 1. The summed E-state index contributed by atoms with van der Waals surface area (Å²) in [5.74, 6) is 1.33. The SMILES string of the molecule is N#CCc1ccc(OCC(O)CNc2nc3ccc(Cl)cc3n2C2COC2)cc1. The molecule has 8 heteroatoms. The van der Waals surface area contributed by atoms with E-state index in [0.29, 0.717) is 36.4 Å². The van der Waals surface area contributed by atoms with Crippen molar-refractivity contribution in [1.29, 1.82) is 5.26 Å². The zero-order valence-corrected chi connectivity index (χ0v) is 16.5. The van der Waals surface area contributed by atoms with E-state index in [1.54, 1.807) is 12.1 Å². The second kappa shape index (κ2) is 8.70. The van der Waals surface area contributed by atoms with E-state index in [1.807, 2.05) is 30.3 Å². The number of nitrogens with zero attached hydrogens (tertiary/aromatic N) is 3. The summed E-state index contributed by atoms with van der Waals surface area (Å²) in [6.07, 6.45) is -0.353. The van der Waals surface area contributed by atoms with Crippen LogP contribution in [0.1, 0.15) is 11.6 Å². The third-order valence-corrected chi connectivity index (χ3v) is 5.02. The third-order valence-electron chi connectivity index (χ3n) is 4.78. The summed E-state index contributed by atoms with van der Waals surface area (Å²) in [4.78, 5) is 4.63. The largest absolute Gasteiger partial charge is 0.491 e. The van der Waals surface area contributed by atoms with Crippen LogP contribution < -0.4 is 10.1 Å². The Kier molecular flexibility index (Phi) is 5.86.